The van der Waals surface area contributed by atoms with E-state index in [1.807, 2.05) is 0 Å². The number of thiophene rings is 1. The minimum Gasteiger partial charge on any atom is -0.355 e. The third kappa shape index (κ3) is 4.34. The number of carbonyl (C=O) groups is 1. The molecular formula is C19H24N2O3S2. The highest BCUT2D eigenvalue weighted by Crippen LogP contribution is 2.40. The lowest BCUT2D eigenvalue weighted by molar-refractivity contribution is -0.120. The number of nitrogens with two attached hydrogens (primary N) is 1. The molecule has 0 saturated heterocycles. The molecule has 26 heavy (non-hydrogen) atoms. The van der Waals surface area contributed by atoms with Crippen LogP contribution < -0.4 is 10.5 Å². The molecule has 0 unspecified atom stereocenters. The standard InChI is InChI=1S/C19H24N2O3S2/c1-14-5-4-6-15(11-14)19(9-2-3-10-19)13-21-17(22)12-16-7-8-18(25-16)26(20,23)24/h4-8,11H,2-3,9-10,12-13H2,1H3,(H,21,22)(H2,20,23,24). The number of nitrogens with one attached hydrogen (secondary N) is 1. The summed E-state index contributed by atoms with van der Waals surface area (Å²) in [7, 11) is -3.71. The number of amides is 1. The van der Waals surface area contributed by atoms with Crippen LogP contribution in [-0.4, -0.2) is 20.9 Å². The van der Waals surface area contributed by atoms with Crippen molar-refractivity contribution >= 4 is 27.3 Å². The minimum atomic E-state index is -3.71. The first-order valence-electron chi connectivity index (χ1n) is 8.74. The van der Waals surface area contributed by atoms with Crippen LogP contribution in [0, 0.1) is 6.92 Å². The van der Waals surface area contributed by atoms with Crippen molar-refractivity contribution in [2.75, 3.05) is 6.54 Å². The summed E-state index contributed by atoms with van der Waals surface area (Å²) in [4.78, 5) is 13.1. The molecule has 3 N–H and O–H groups in total. The van der Waals surface area contributed by atoms with Crippen molar-refractivity contribution in [3.05, 3.63) is 52.4 Å². The van der Waals surface area contributed by atoms with Crippen LogP contribution in [-0.2, 0) is 26.7 Å². The molecule has 0 bridgehead atoms. The Morgan fingerprint density at radius 3 is 2.58 bits per heavy atom. The summed E-state index contributed by atoms with van der Waals surface area (Å²) in [6.07, 6.45) is 4.67. The molecule has 7 heteroatoms. The van der Waals surface area contributed by atoms with E-state index in [0.717, 1.165) is 24.2 Å². The maximum absolute atomic E-state index is 12.4. The van der Waals surface area contributed by atoms with Crippen LogP contribution in [0.15, 0.2) is 40.6 Å². The average molecular weight is 393 g/mol. The normalized spacial score (nSPS) is 16.5. The van der Waals surface area contributed by atoms with E-state index in [-0.39, 0.29) is 22.0 Å². The molecule has 1 fully saturated rings. The summed E-state index contributed by atoms with van der Waals surface area (Å²) >= 11 is 1.05. The van der Waals surface area contributed by atoms with Gasteiger partial charge < -0.3 is 5.32 Å². The van der Waals surface area contributed by atoms with Crippen LogP contribution in [0.5, 0.6) is 0 Å². The summed E-state index contributed by atoms with van der Waals surface area (Å²) in [5, 5.41) is 8.19. The molecule has 1 aliphatic carbocycles. The zero-order valence-electron chi connectivity index (χ0n) is 14.8. The second-order valence-electron chi connectivity index (χ2n) is 7.08. The van der Waals surface area contributed by atoms with Crippen LogP contribution >= 0.6 is 11.3 Å². The fourth-order valence-corrected chi connectivity index (χ4v) is 5.47. The molecule has 140 valence electrons. The molecule has 1 aromatic heterocycles. The number of sulfonamides is 1. The molecule has 0 radical (unpaired) electrons. The van der Waals surface area contributed by atoms with E-state index < -0.39 is 10.0 Å². The second kappa shape index (κ2) is 7.50. The maximum Gasteiger partial charge on any atom is 0.247 e. The van der Waals surface area contributed by atoms with Gasteiger partial charge in [0.1, 0.15) is 4.21 Å². The smallest absolute Gasteiger partial charge is 0.247 e. The van der Waals surface area contributed by atoms with Gasteiger partial charge >= 0.3 is 0 Å². The Morgan fingerprint density at radius 2 is 1.96 bits per heavy atom. The highest BCUT2D eigenvalue weighted by Gasteiger charge is 2.35. The van der Waals surface area contributed by atoms with Gasteiger partial charge in [0, 0.05) is 16.8 Å². The topological polar surface area (TPSA) is 89.3 Å². The van der Waals surface area contributed by atoms with Gasteiger partial charge in [-0.15, -0.1) is 11.3 Å². The number of carbonyl (C=O) groups excluding carboxylic acids is 1. The van der Waals surface area contributed by atoms with Crippen molar-refractivity contribution in [2.45, 2.75) is 48.7 Å². The van der Waals surface area contributed by atoms with E-state index in [9.17, 15) is 13.2 Å². The predicted octanol–water partition coefficient (Wildman–Crippen LogP) is 2.87. The zero-order chi connectivity index (χ0) is 18.8. The van der Waals surface area contributed by atoms with Gasteiger partial charge in [-0.3, -0.25) is 4.79 Å². The summed E-state index contributed by atoms with van der Waals surface area (Å²) in [6, 6.07) is 11.6. The van der Waals surface area contributed by atoms with Crippen molar-refractivity contribution in [1.82, 2.24) is 5.32 Å². The predicted molar refractivity (Wildman–Crippen MR) is 104 cm³/mol. The van der Waals surface area contributed by atoms with E-state index in [4.69, 9.17) is 5.14 Å². The first-order valence-corrected chi connectivity index (χ1v) is 11.1. The van der Waals surface area contributed by atoms with Crippen LogP contribution in [0.4, 0.5) is 0 Å². The largest absolute Gasteiger partial charge is 0.355 e. The van der Waals surface area contributed by atoms with Crippen LogP contribution in [0.1, 0.15) is 41.7 Å². The highest BCUT2D eigenvalue weighted by atomic mass is 32.2. The lowest BCUT2D eigenvalue weighted by atomic mass is 9.78. The van der Waals surface area contributed by atoms with Crippen LogP contribution in [0.3, 0.4) is 0 Å². The van der Waals surface area contributed by atoms with Crippen molar-refractivity contribution in [2.24, 2.45) is 5.14 Å². The Kier molecular flexibility index (Phi) is 5.50. The van der Waals surface area contributed by atoms with E-state index in [1.54, 1.807) is 6.07 Å². The van der Waals surface area contributed by atoms with Gasteiger partial charge in [-0.25, -0.2) is 13.6 Å². The summed E-state index contributed by atoms with van der Waals surface area (Å²) in [6.45, 7) is 2.70. The molecular weight excluding hydrogens is 368 g/mol. The molecule has 1 saturated carbocycles. The minimum absolute atomic E-state index is 0.00286. The Bertz CT molecular complexity index is 897. The first-order chi connectivity index (χ1) is 12.3. The molecule has 0 spiro atoms. The van der Waals surface area contributed by atoms with Gasteiger partial charge in [0.15, 0.2) is 0 Å². The average Bonchev–Trinajstić information content (AvgIpc) is 3.22. The van der Waals surface area contributed by atoms with Gasteiger partial charge in [0.25, 0.3) is 0 Å². The van der Waals surface area contributed by atoms with Crippen molar-refractivity contribution in [3.8, 4) is 0 Å². The quantitative estimate of drug-likeness (QED) is 0.792. The molecule has 1 amide bonds. The number of benzene rings is 1. The molecule has 3 rings (SSSR count). The molecule has 1 aliphatic rings. The molecule has 1 aromatic carbocycles. The molecule has 0 atom stereocenters. The number of rotatable bonds is 6. The fraction of sp³-hybridized carbons (Fsp3) is 0.421. The molecule has 2 aromatic rings. The maximum atomic E-state index is 12.4. The van der Waals surface area contributed by atoms with Gasteiger partial charge in [-0.1, -0.05) is 42.7 Å². The summed E-state index contributed by atoms with van der Waals surface area (Å²) in [5.74, 6) is -0.0910. The number of primary sulfonamides is 1. The summed E-state index contributed by atoms with van der Waals surface area (Å²) < 4.78 is 22.8. The van der Waals surface area contributed by atoms with Crippen molar-refractivity contribution in [1.29, 1.82) is 0 Å². The zero-order valence-corrected chi connectivity index (χ0v) is 16.5. The SMILES string of the molecule is Cc1cccc(C2(CNC(=O)Cc3ccc(S(N)(=O)=O)s3)CCCC2)c1. The van der Waals surface area contributed by atoms with Crippen LogP contribution in [0.2, 0.25) is 0 Å². The van der Waals surface area contributed by atoms with E-state index >= 15 is 0 Å². The lowest BCUT2D eigenvalue weighted by Gasteiger charge is -2.30. The third-order valence-electron chi connectivity index (χ3n) is 5.07. The molecule has 5 nitrogen and oxygen atoms in total. The Labute approximate surface area is 158 Å². The number of aryl methyl sites for hydroxylation is 1. The number of hydrogen-bond donors (Lipinski definition) is 2. The van der Waals surface area contributed by atoms with Gasteiger partial charge in [0.2, 0.25) is 15.9 Å². The van der Waals surface area contributed by atoms with Crippen molar-refractivity contribution in [3.63, 3.8) is 0 Å². The van der Waals surface area contributed by atoms with E-state index in [0.29, 0.717) is 11.4 Å². The van der Waals surface area contributed by atoms with Gasteiger partial charge in [-0.05, 0) is 37.5 Å². The van der Waals surface area contributed by atoms with E-state index in [2.05, 4.69) is 36.5 Å². The molecule has 1 heterocycles. The van der Waals surface area contributed by atoms with Gasteiger partial charge in [0.05, 0.1) is 6.42 Å². The Hall–Kier alpha value is -1.70. The van der Waals surface area contributed by atoms with E-state index in [1.165, 1.54) is 30.0 Å². The Balaban J connectivity index is 1.66. The monoisotopic (exact) mass is 392 g/mol. The lowest BCUT2D eigenvalue weighted by Crippen LogP contribution is -2.39. The molecule has 0 aliphatic heterocycles. The van der Waals surface area contributed by atoms with Gasteiger partial charge in [-0.2, -0.15) is 0 Å². The first kappa shape index (κ1) is 19.1. The second-order valence-corrected chi connectivity index (χ2v) is 10.0. The Morgan fingerprint density at radius 1 is 1.23 bits per heavy atom. The van der Waals surface area contributed by atoms with Crippen molar-refractivity contribution < 1.29 is 13.2 Å². The van der Waals surface area contributed by atoms with Crippen LogP contribution in [0.25, 0.3) is 0 Å². The fourth-order valence-electron chi connectivity index (χ4n) is 3.69. The highest BCUT2D eigenvalue weighted by molar-refractivity contribution is 7.91. The third-order valence-corrected chi connectivity index (χ3v) is 7.59. The summed E-state index contributed by atoms with van der Waals surface area (Å²) in [5.41, 5.74) is 2.53. The number of hydrogen-bond acceptors (Lipinski definition) is 4.